The molecule has 16 heavy (non-hydrogen) atoms. The van der Waals surface area contributed by atoms with Crippen LogP contribution in [0.4, 0.5) is 5.13 Å². The van der Waals surface area contributed by atoms with Crippen molar-refractivity contribution in [3.63, 3.8) is 0 Å². The van der Waals surface area contributed by atoms with Gasteiger partial charge in [-0.15, -0.1) is 11.3 Å². The Kier molecular flexibility index (Phi) is 2.24. The number of nitrogens with one attached hydrogen (secondary N) is 1. The molecule has 0 atom stereocenters. The van der Waals surface area contributed by atoms with Crippen LogP contribution in [0.2, 0.25) is 0 Å². The first-order valence-corrected chi connectivity index (χ1v) is 6.40. The number of anilines is 1. The van der Waals surface area contributed by atoms with E-state index in [0.717, 1.165) is 27.9 Å². The maximum atomic E-state index is 5.52. The second-order valence-electron chi connectivity index (χ2n) is 4.28. The van der Waals surface area contributed by atoms with E-state index >= 15 is 0 Å². The van der Waals surface area contributed by atoms with Crippen molar-refractivity contribution in [2.45, 2.75) is 32.7 Å². The third kappa shape index (κ3) is 1.85. The molecule has 0 aliphatic heterocycles. The van der Waals surface area contributed by atoms with Gasteiger partial charge in [-0.2, -0.15) is 0 Å². The van der Waals surface area contributed by atoms with Crippen molar-refractivity contribution in [2.75, 3.05) is 5.32 Å². The highest BCUT2D eigenvalue weighted by Gasteiger charge is 2.22. The van der Waals surface area contributed by atoms with E-state index in [0.29, 0.717) is 6.04 Å². The number of thiazole rings is 1. The van der Waals surface area contributed by atoms with Gasteiger partial charge in [0.1, 0.15) is 11.5 Å². The van der Waals surface area contributed by atoms with Gasteiger partial charge in [0.15, 0.2) is 5.13 Å². The lowest BCUT2D eigenvalue weighted by Crippen LogP contribution is -1.99. The molecule has 1 saturated carbocycles. The molecule has 0 spiro atoms. The summed E-state index contributed by atoms with van der Waals surface area (Å²) in [4.78, 5) is 4.58. The highest BCUT2D eigenvalue weighted by molar-refractivity contribution is 7.14. The summed E-state index contributed by atoms with van der Waals surface area (Å²) in [6, 6.07) is 2.71. The number of furan rings is 1. The molecule has 0 saturated heterocycles. The lowest BCUT2D eigenvalue weighted by Gasteiger charge is -1.96. The first-order chi connectivity index (χ1) is 7.72. The van der Waals surface area contributed by atoms with Crippen LogP contribution in [-0.2, 0) is 0 Å². The third-order valence-electron chi connectivity index (χ3n) is 2.73. The number of aromatic nitrogens is 1. The Balaban J connectivity index is 1.87. The van der Waals surface area contributed by atoms with E-state index in [1.807, 2.05) is 19.9 Å². The molecule has 0 bridgehead atoms. The van der Waals surface area contributed by atoms with Crippen molar-refractivity contribution in [3.8, 4) is 11.3 Å². The Bertz CT molecular complexity index is 511. The second kappa shape index (κ2) is 3.63. The Hall–Kier alpha value is -1.29. The molecule has 1 fully saturated rings. The van der Waals surface area contributed by atoms with E-state index in [1.165, 1.54) is 12.8 Å². The van der Waals surface area contributed by atoms with E-state index in [2.05, 4.69) is 15.7 Å². The van der Waals surface area contributed by atoms with Crippen molar-refractivity contribution in [3.05, 3.63) is 23.0 Å². The van der Waals surface area contributed by atoms with Gasteiger partial charge in [0, 0.05) is 17.0 Å². The van der Waals surface area contributed by atoms with Crippen LogP contribution >= 0.6 is 11.3 Å². The highest BCUT2D eigenvalue weighted by atomic mass is 32.1. The maximum absolute atomic E-state index is 5.52. The summed E-state index contributed by atoms with van der Waals surface area (Å²) in [7, 11) is 0. The smallest absolute Gasteiger partial charge is 0.183 e. The van der Waals surface area contributed by atoms with Gasteiger partial charge < -0.3 is 9.73 Å². The topological polar surface area (TPSA) is 38.1 Å². The fourth-order valence-corrected chi connectivity index (χ4v) is 2.54. The zero-order chi connectivity index (χ0) is 11.1. The van der Waals surface area contributed by atoms with Crippen LogP contribution in [0.1, 0.15) is 24.4 Å². The summed E-state index contributed by atoms with van der Waals surface area (Å²) in [5.74, 6) is 1.89. The SMILES string of the molecule is Cc1cc(-c2csc(NC3CC3)n2)c(C)o1. The van der Waals surface area contributed by atoms with Crippen LogP contribution in [0, 0.1) is 13.8 Å². The van der Waals surface area contributed by atoms with Crippen molar-refractivity contribution >= 4 is 16.5 Å². The molecule has 1 aliphatic rings. The number of rotatable bonds is 3. The third-order valence-corrected chi connectivity index (χ3v) is 3.50. The maximum Gasteiger partial charge on any atom is 0.183 e. The summed E-state index contributed by atoms with van der Waals surface area (Å²) in [6.45, 7) is 3.95. The van der Waals surface area contributed by atoms with Crippen LogP contribution in [0.15, 0.2) is 15.9 Å². The van der Waals surface area contributed by atoms with Crippen molar-refractivity contribution in [1.29, 1.82) is 0 Å². The summed E-state index contributed by atoms with van der Waals surface area (Å²) in [5.41, 5.74) is 2.13. The monoisotopic (exact) mass is 234 g/mol. The summed E-state index contributed by atoms with van der Waals surface area (Å²) >= 11 is 1.67. The number of hydrogen-bond donors (Lipinski definition) is 1. The Labute approximate surface area is 98.5 Å². The van der Waals surface area contributed by atoms with Crippen LogP contribution in [0.25, 0.3) is 11.3 Å². The van der Waals surface area contributed by atoms with Gasteiger partial charge in [0.05, 0.1) is 5.69 Å². The summed E-state index contributed by atoms with van der Waals surface area (Å²) < 4.78 is 5.52. The molecule has 0 unspecified atom stereocenters. The average molecular weight is 234 g/mol. The first-order valence-electron chi connectivity index (χ1n) is 5.52. The molecule has 0 amide bonds. The largest absolute Gasteiger partial charge is 0.466 e. The highest BCUT2D eigenvalue weighted by Crippen LogP contribution is 2.32. The molecular weight excluding hydrogens is 220 g/mol. The average Bonchev–Trinajstić information content (AvgIpc) is 2.80. The first kappa shape index (κ1) is 9.90. The molecule has 1 N–H and O–H groups in total. The fraction of sp³-hybridized carbons (Fsp3) is 0.417. The predicted octanol–water partition coefficient (Wildman–Crippen LogP) is 3.59. The van der Waals surface area contributed by atoms with Gasteiger partial charge in [-0.05, 0) is 32.8 Å². The van der Waals surface area contributed by atoms with Gasteiger partial charge >= 0.3 is 0 Å². The Morgan fingerprint density at radius 3 is 2.88 bits per heavy atom. The lowest BCUT2D eigenvalue weighted by atomic mass is 10.2. The summed E-state index contributed by atoms with van der Waals surface area (Å²) in [6.07, 6.45) is 2.55. The predicted molar refractivity (Wildman–Crippen MR) is 65.9 cm³/mol. The molecule has 2 heterocycles. The quantitative estimate of drug-likeness (QED) is 0.881. The fourth-order valence-electron chi connectivity index (χ4n) is 1.75. The normalized spacial score (nSPS) is 15.4. The molecule has 3 rings (SSSR count). The van der Waals surface area contributed by atoms with Gasteiger partial charge in [0.25, 0.3) is 0 Å². The van der Waals surface area contributed by atoms with E-state index < -0.39 is 0 Å². The van der Waals surface area contributed by atoms with Crippen molar-refractivity contribution in [2.24, 2.45) is 0 Å². The molecule has 2 aromatic rings. The molecule has 3 nitrogen and oxygen atoms in total. The van der Waals surface area contributed by atoms with Gasteiger partial charge in [0.2, 0.25) is 0 Å². The van der Waals surface area contributed by atoms with Crippen LogP contribution in [0.5, 0.6) is 0 Å². The Morgan fingerprint density at radius 2 is 2.25 bits per heavy atom. The number of hydrogen-bond acceptors (Lipinski definition) is 4. The number of nitrogens with zero attached hydrogens (tertiary/aromatic N) is 1. The minimum absolute atomic E-state index is 0.659. The number of aryl methyl sites for hydroxylation is 2. The summed E-state index contributed by atoms with van der Waals surface area (Å²) in [5, 5.41) is 6.52. The molecule has 0 radical (unpaired) electrons. The van der Waals surface area contributed by atoms with Gasteiger partial charge in [-0.3, -0.25) is 0 Å². The van der Waals surface area contributed by atoms with E-state index in [1.54, 1.807) is 11.3 Å². The molecule has 1 aliphatic carbocycles. The zero-order valence-corrected chi connectivity index (χ0v) is 10.2. The van der Waals surface area contributed by atoms with Crippen LogP contribution in [0.3, 0.4) is 0 Å². The van der Waals surface area contributed by atoms with Crippen LogP contribution < -0.4 is 5.32 Å². The molecule has 0 aromatic carbocycles. The van der Waals surface area contributed by atoms with Crippen molar-refractivity contribution < 1.29 is 4.42 Å². The molecule has 2 aromatic heterocycles. The second-order valence-corrected chi connectivity index (χ2v) is 5.14. The zero-order valence-electron chi connectivity index (χ0n) is 9.41. The van der Waals surface area contributed by atoms with Crippen molar-refractivity contribution in [1.82, 2.24) is 4.98 Å². The van der Waals surface area contributed by atoms with Gasteiger partial charge in [-0.1, -0.05) is 0 Å². The molecule has 84 valence electrons. The minimum atomic E-state index is 0.659. The van der Waals surface area contributed by atoms with E-state index in [4.69, 9.17) is 4.42 Å². The Morgan fingerprint density at radius 1 is 1.44 bits per heavy atom. The standard InChI is InChI=1S/C12H14N2OS/c1-7-5-10(8(2)15-7)11-6-16-12(14-11)13-9-3-4-9/h5-6,9H,3-4H2,1-2H3,(H,13,14). The van der Waals surface area contributed by atoms with E-state index in [9.17, 15) is 0 Å². The molecular formula is C12H14N2OS. The van der Waals surface area contributed by atoms with Gasteiger partial charge in [-0.25, -0.2) is 4.98 Å². The van der Waals surface area contributed by atoms with Crippen LogP contribution in [-0.4, -0.2) is 11.0 Å². The molecule has 4 heteroatoms. The lowest BCUT2D eigenvalue weighted by molar-refractivity contribution is 0.505. The minimum Gasteiger partial charge on any atom is -0.466 e. The van der Waals surface area contributed by atoms with E-state index in [-0.39, 0.29) is 0 Å².